The summed E-state index contributed by atoms with van der Waals surface area (Å²) in [5.74, 6) is 0.319. The van der Waals surface area contributed by atoms with Gasteiger partial charge in [0.05, 0.1) is 11.1 Å². The highest BCUT2D eigenvalue weighted by atomic mass is 35.5. The second-order valence-corrected chi connectivity index (χ2v) is 4.36. The number of benzene rings is 1. The first-order chi connectivity index (χ1) is 9.13. The molecule has 2 heterocycles. The van der Waals surface area contributed by atoms with E-state index >= 15 is 0 Å². The number of ether oxygens (including phenoxy) is 1. The fourth-order valence-electron chi connectivity index (χ4n) is 1.76. The number of H-pyrrole nitrogens is 1. The smallest absolute Gasteiger partial charge is 0.149 e. The van der Waals surface area contributed by atoms with Crippen molar-refractivity contribution in [1.82, 2.24) is 9.97 Å². The van der Waals surface area contributed by atoms with E-state index in [1.54, 1.807) is 18.3 Å². The minimum Gasteiger partial charge on any atom is -0.456 e. The number of hydrogen-bond donors (Lipinski definition) is 2. The summed E-state index contributed by atoms with van der Waals surface area (Å²) in [4.78, 5) is 7.04. The molecule has 3 rings (SSSR count). The number of nitrogen functional groups attached to an aromatic ring is 1. The molecule has 0 bridgehead atoms. The van der Waals surface area contributed by atoms with Gasteiger partial charge in [-0.2, -0.15) is 0 Å². The van der Waals surface area contributed by atoms with Gasteiger partial charge in [0.2, 0.25) is 0 Å². The van der Waals surface area contributed by atoms with Gasteiger partial charge in [-0.15, -0.1) is 0 Å². The van der Waals surface area contributed by atoms with Crippen molar-refractivity contribution in [2.24, 2.45) is 0 Å². The van der Waals surface area contributed by atoms with Crippen LogP contribution in [0.5, 0.6) is 11.5 Å². The lowest BCUT2D eigenvalue weighted by Gasteiger charge is -2.08. The fraction of sp³-hybridized carbons (Fsp3) is 0. The molecule has 2 aromatic heterocycles. The number of hydrogen-bond acceptors (Lipinski definition) is 3. The van der Waals surface area contributed by atoms with Gasteiger partial charge in [0, 0.05) is 18.3 Å². The van der Waals surface area contributed by atoms with Crippen LogP contribution in [0.1, 0.15) is 0 Å². The van der Waals surface area contributed by atoms with Crippen molar-refractivity contribution in [3.63, 3.8) is 0 Å². The van der Waals surface area contributed by atoms with Crippen molar-refractivity contribution in [2.45, 2.75) is 0 Å². The maximum atomic E-state index is 13.4. The van der Waals surface area contributed by atoms with E-state index in [9.17, 15) is 4.39 Å². The third-order valence-corrected chi connectivity index (χ3v) is 2.85. The maximum absolute atomic E-state index is 13.4. The zero-order valence-electron chi connectivity index (χ0n) is 9.65. The van der Waals surface area contributed by atoms with E-state index in [0.717, 1.165) is 5.39 Å². The van der Waals surface area contributed by atoms with Gasteiger partial charge in [-0.3, -0.25) is 0 Å². The molecule has 0 amide bonds. The Balaban J connectivity index is 2.04. The number of pyridine rings is 1. The van der Waals surface area contributed by atoms with Crippen molar-refractivity contribution in [2.75, 3.05) is 5.73 Å². The molecule has 0 radical (unpaired) electrons. The quantitative estimate of drug-likeness (QED) is 0.554. The van der Waals surface area contributed by atoms with E-state index in [2.05, 4.69) is 9.97 Å². The lowest BCUT2D eigenvalue weighted by molar-refractivity contribution is 0.482. The van der Waals surface area contributed by atoms with E-state index in [1.165, 1.54) is 12.1 Å². The van der Waals surface area contributed by atoms with Gasteiger partial charge in [0.25, 0.3) is 0 Å². The monoisotopic (exact) mass is 277 g/mol. The average Bonchev–Trinajstić information content (AvgIpc) is 2.82. The Kier molecular flexibility index (Phi) is 2.76. The third kappa shape index (κ3) is 2.20. The van der Waals surface area contributed by atoms with E-state index in [4.69, 9.17) is 22.1 Å². The molecule has 6 heteroatoms. The normalized spacial score (nSPS) is 10.8. The van der Waals surface area contributed by atoms with Gasteiger partial charge < -0.3 is 15.5 Å². The standard InChI is InChI=1S/C13H9ClFN3O/c14-12-6-11(8-3-4-17-13(8)18-12)19-7-1-2-10(16)9(15)5-7/h1-6H,16H2,(H,17,18). The Morgan fingerprint density at radius 3 is 2.89 bits per heavy atom. The van der Waals surface area contributed by atoms with Crippen LogP contribution < -0.4 is 10.5 Å². The summed E-state index contributed by atoms with van der Waals surface area (Å²) in [5.41, 5.74) is 6.10. The largest absolute Gasteiger partial charge is 0.456 e. The number of nitrogens with one attached hydrogen (secondary N) is 1. The SMILES string of the molecule is Nc1ccc(Oc2cc(Cl)nc3[nH]ccc23)cc1F. The van der Waals surface area contributed by atoms with Crippen molar-refractivity contribution in [3.05, 3.63) is 47.5 Å². The summed E-state index contributed by atoms with van der Waals surface area (Å²) in [6.07, 6.45) is 1.73. The van der Waals surface area contributed by atoms with Crippen LogP contribution in [0.25, 0.3) is 11.0 Å². The number of anilines is 1. The van der Waals surface area contributed by atoms with Gasteiger partial charge in [0.15, 0.2) is 0 Å². The van der Waals surface area contributed by atoms with Gasteiger partial charge in [0.1, 0.15) is 28.1 Å². The highest BCUT2D eigenvalue weighted by Crippen LogP contribution is 2.31. The average molecular weight is 278 g/mol. The summed E-state index contributed by atoms with van der Waals surface area (Å²) in [6.45, 7) is 0. The molecule has 0 aliphatic rings. The predicted octanol–water partition coefficient (Wildman–Crippen LogP) is 3.73. The summed E-state index contributed by atoms with van der Waals surface area (Å²) >= 11 is 5.90. The van der Waals surface area contributed by atoms with Crippen molar-refractivity contribution < 1.29 is 9.13 Å². The minimum atomic E-state index is -0.525. The lowest BCUT2D eigenvalue weighted by atomic mass is 10.3. The van der Waals surface area contributed by atoms with Gasteiger partial charge in [-0.1, -0.05) is 11.6 Å². The number of aromatic amines is 1. The molecule has 0 saturated carbocycles. The Bertz CT molecular complexity index is 757. The summed E-state index contributed by atoms with van der Waals surface area (Å²) in [5, 5.41) is 1.06. The molecule has 0 saturated heterocycles. The number of rotatable bonds is 2. The summed E-state index contributed by atoms with van der Waals surface area (Å²) in [7, 11) is 0. The molecule has 19 heavy (non-hydrogen) atoms. The Hall–Kier alpha value is -2.27. The zero-order chi connectivity index (χ0) is 13.4. The lowest BCUT2D eigenvalue weighted by Crippen LogP contribution is -1.92. The molecule has 0 unspecified atom stereocenters. The van der Waals surface area contributed by atoms with Crippen LogP contribution in [-0.2, 0) is 0 Å². The minimum absolute atomic E-state index is 0.0758. The van der Waals surface area contributed by atoms with E-state index < -0.39 is 5.82 Å². The number of nitrogens with zero attached hydrogens (tertiary/aromatic N) is 1. The molecule has 0 atom stereocenters. The molecule has 96 valence electrons. The Morgan fingerprint density at radius 1 is 1.26 bits per heavy atom. The molecule has 1 aromatic carbocycles. The highest BCUT2D eigenvalue weighted by Gasteiger charge is 2.09. The van der Waals surface area contributed by atoms with E-state index in [-0.39, 0.29) is 5.69 Å². The van der Waals surface area contributed by atoms with Gasteiger partial charge in [-0.05, 0) is 18.2 Å². The molecule has 4 nitrogen and oxygen atoms in total. The molecule has 0 spiro atoms. The topological polar surface area (TPSA) is 63.9 Å². The van der Waals surface area contributed by atoms with Crippen LogP contribution in [0.4, 0.5) is 10.1 Å². The Morgan fingerprint density at radius 2 is 2.11 bits per heavy atom. The second-order valence-electron chi connectivity index (χ2n) is 3.97. The molecular weight excluding hydrogens is 269 g/mol. The van der Waals surface area contributed by atoms with Crippen molar-refractivity contribution in [1.29, 1.82) is 0 Å². The van der Waals surface area contributed by atoms with Crippen LogP contribution >= 0.6 is 11.6 Å². The number of aromatic nitrogens is 2. The second kappa shape index (κ2) is 4.44. The van der Waals surface area contributed by atoms with Crippen LogP contribution in [0, 0.1) is 5.82 Å². The molecule has 0 aliphatic heterocycles. The van der Waals surface area contributed by atoms with Crippen LogP contribution in [-0.4, -0.2) is 9.97 Å². The van der Waals surface area contributed by atoms with Gasteiger partial charge in [-0.25, -0.2) is 9.37 Å². The van der Waals surface area contributed by atoms with Crippen molar-refractivity contribution >= 4 is 28.3 Å². The van der Waals surface area contributed by atoms with Crippen molar-refractivity contribution in [3.8, 4) is 11.5 Å². The fourth-order valence-corrected chi connectivity index (χ4v) is 1.94. The summed E-state index contributed by atoms with van der Waals surface area (Å²) in [6, 6.07) is 7.64. The summed E-state index contributed by atoms with van der Waals surface area (Å²) < 4.78 is 19.0. The first kappa shape index (κ1) is 11.8. The first-order valence-corrected chi connectivity index (χ1v) is 5.88. The highest BCUT2D eigenvalue weighted by molar-refractivity contribution is 6.30. The van der Waals surface area contributed by atoms with Gasteiger partial charge >= 0.3 is 0 Å². The zero-order valence-corrected chi connectivity index (χ0v) is 10.4. The van der Waals surface area contributed by atoms with Crippen LogP contribution in [0.2, 0.25) is 5.15 Å². The molecule has 3 N–H and O–H groups in total. The first-order valence-electron chi connectivity index (χ1n) is 5.50. The molecule has 0 aliphatic carbocycles. The van der Waals surface area contributed by atoms with E-state index in [1.807, 2.05) is 6.07 Å². The Labute approximate surface area is 113 Å². The predicted molar refractivity (Wildman–Crippen MR) is 72.0 cm³/mol. The molecule has 0 fully saturated rings. The van der Waals surface area contributed by atoms with Crippen LogP contribution in [0.3, 0.4) is 0 Å². The third-order valence-electron chi connectivity index (χ3n) is 2.66. The number of fused-ring (bicyclic) bond motifs is 1. The van der Waals surface area contributed by atoms with Crippen LogP contribution in [0.15, 0.2) is 36.5 Å². The van der Waals surface area contributed by atoms with E-state index in [0.29, 0.717) is 22.3 Å². The molecular formula is C13H9ClFN3O. The number of halogens is 2. The maximum Gasteiger partial charge on any atom is 0.149 e. The molecule has 3 aromatic rings. The number of nitrogens with two attached hydrogens (primary N) is 1.